The van der Waals surface area contributed by atoms with Crippen LogP contribution in [-0.2, 0) is 16.1 Å². The number of nitrogens with one attached hydrogen (secondary N) is 2. The number of rotatable bonds is 8. The second-order valence-corrected chi connectivity index (χ2v) is 14.9. The number of piperazine rings is 1. The number of nitriles is 1. The number of amides is 5. The highest BCUT2D eigenvalue weighted by Gasteiger charge is 2.47. The van der Waals surface area contributed by atoms with Crippen molar-refractivity contribution in [1.29, 1.82) is 5.26 Å². The molecular formula is C38H36ClFN8O6. The topological polar surface area (TPSA) is 178 Å². The van der Waals surface area contributed by atoms with Gasteiger partial charge in [-0.2, -0.15) is 5.26 Å². The predicted octanol–water partition coefficient (Wildman–Crippen LogP) is 3.52. The summed E-state index contributed by atoms with van der Waals surface area (Å²) in [4.78, 5) is 68.6. The van der Waals surface area contributed by atoms with E-state index in [9.17, 15) is 24.0 Å². The number of carbonyl (C=O) groups excluding carboxylic acids is 5. The second-order valence-electron chi connectivity index (χ2n) is 14.5. The van der Waals surface area contributed by atoms with Crippen LogP contribution in [0, 0.1) is 17.1 Å². The van der Waals surface area contributed by atoms with E-state index in [2.05, 4.69) is 30.6 Å². The van der Waals surface area contributed by atoms with E-state index in [4.69, 9.17) is 21.6 Å². The summed E-state index contributed by atoms with van der Waals surface area (Å²) >= 11 is 6.13. The number of carbonyl (C=O) groups is 5. The van der Waals surface area contributed by atoms with Crippen molar-refractivity contribution in [2.45, 2.75) is 88.2 Å². The first-order valence-electron chi connectivity index (χ1n) is 18.1. The van der Waals surface area contributed by atoms with Crippen molar-refractivity contribution in [2.75, 3.05) is 18.0 Å². The molecule has 3 unspecified atom stereocenters. The molecule has 5 aliphatic rings. The minimum Gasteiger partial charge on any atom is -0.490 e. The summed E-state index contributed by atoms with van der Waals surface area (Å²) in [5.41, 5.74) is 0.477. The summed E-state index contributed by atoms with van der Waals surface area (Å²) in [5.74, 6) is -2.62. The first-order chi connectivity index (χ1) is 26.1. The number of fused-ring (bicyclic) bond motifs is 3. The lowest BCUT2D eigenvalue weighted by Crippen LogP contribution is -2.54. The normalized spacial score (nSPS) is 25.3. The number of aromatic nitrogens is 2. The van der Waals surface area contributed by atoms with Crippen LogP contribution in [0.15, 0.2) is 42.5 Å². The van der Waals surface area contributed by atoms with Gasteiger partial charge in [-0.3, -0.25) is 39.1 Å². The minimum atomic E-state index is -1.16. The molecule has 3 saturated heterocycles. The number of piperidine rings is 1. The first-order valence-corrected chi connectivity index (χ1v) is 18.5. The van der Waals surface area contributed by atoms with Crippen LogP contribution < -0.4 is 20.3 Å². The molecule has 1 aliphatic carbocycles. The van der Waals surface area contributed by atoms with Crippen LogP contribution in [0.25, 0.3) is 0 Å². The number of hydrogen-bond acceptors (Lipinski definition) is 11. The Morgan fingerprint density at radius 2 is 1.72 bits per heavy atom. The minimum absolute atomic E-state index is 0.00442. The smallest absolute Gasteiger partial charge is 0.272 e. The van der Waals surface area contributed by atoms with Crippen molar-refractivity contribution in [2.24, 2.45) is 0 Å². The zero-order chi connectivity index (χ0) is 37.7. The van der Waals surface area contributed by atoms with Crippen molar-refractivity contribution in [3.8, 4) is 11.8 Å². The molecule has 0 radical (unpaired) electrons. The molecule has 14 nitrogen and oxygen atoms in total. The number of nitrogens with zero attached hydrogens (tertiary/aromatic N) is 6. The van der Waals surface area contributed by atoms with Crippen molar-refractivity contribution in [1.82, 2.24) is 30.6 Å². The third kappa shape index (κ3) is 6.64. The van der Waals surface area contributed by atoms with Gasteiger partial charge in [0, 0.05) is 55.8 Å². The molecule has 0 spiro atoms. The van der Waals surface area contributed by atoms with Gasteiger partial charge < -0.3 is 15.0 Å². The number of anilines is 1. The molecule has 2 N–H and O–H groups in total. The molecule has 5 amide bonds. The van der Waals surface area contributed by atoms with Crippen LogP contribution in [0.4, 0.5) is 10.2 Å². The summed E-state index contributed by atoms with van der Waals surface area (Å²) in [6.07, 6.45) is 4.74. The molecule has 278 valence electrons. The maximum absolute atomic E-state index is 15.9. The van der Waals surface area contributed by atoms with Gasteiger partial charge in [-0.05, 0) is 75.3 Å². The Bertz CT molecular complexity index is 2090. The number of likely N-dealkylation sites (tertiary alicyclic amines) is 1. The lowest BCUT2D eigenvalue weighted by Gasteiger charge is -2.41. The number of benzene rings is 2. The molecule has 16 heteroatoms. The molecule has 54 heavy (non-hydrogen) atoms. The SMILES string of the molecule is N#Cc1ccc(OC2CCC(NC(=O)c3ccc(N4C5CCC4CN(Cc4ccc6c(c4F)C(=O)N(C4CCC(=O)NC4=O)C6=O)C5)nn3)CC2)cc1Cl. The van der Waals surface area contributed by atoms with E-state index in [1.807, 2.05) is 12.1 Å². The van der Waals surface area contributed by atoms with Gasteiger partial charge in [-0.15, -0.1) is 10.2 Å². The monoisotopic (exact) mass is 754 g/mol. The average Bonchev–Trinajstić information content (AvgIpc) is 3.57. The summed E-state index contributed by atoms with van der Waals surface area (Å²) in [6, 6.07) is 12.5. The zero-order valence-corrected chi connectivity index (χ0v) is 29.9. The summed E-state index contributed by atoms with van der Waals surface area (Å²) in [6.45, 7) is 1.44. The summed E-state index contributed by atoms with van der Waals surface area (Å²) in [7, 11) is 0. The summed E-state index contributed by atoms with van der Waals surface area (Å²) < 4.78 is 22.0. The van der Waals surface area contributed by atoms with Gasteiger partial charge in [0.05, 0.1) is 27.8 Å². The van der Waals surface area contributed by atoms with Crippen molar-refractivity contribution in [3.63, 3.8) is 0 Å². The molecule has 8 rings (SSSR count). The Balaban J connectivity index is 0.850. The van der Waals surface area contributed by atoms with Crippen LogP contribution >= 0.6 is 11.6 Å². The predicted molar refractivity (Wildman–Crippen MR) is 190 cm³/mol. The highest BCUT2D eigenvalue weighted by atomic mass is 35.5. The average molecular weight is 755 g/mol. The molecule has 1 saturated carbocycles. The quantitative estimate of drug-likeness (QED) is 0.322. The molecule has 3 aromatic rings. The molecule has 3 atom stereocenters. The standard InChI is InChI=1S/C38H36ClFN8O6/c39-28-15-26(7-1-20(28)16-41)54-25-8-3-22(4-9-25)42-35(50)29-11-13-31(45-44-29)47-23-5-6-24(47)19-46(18-23)17-21-2-10-27-33(34(21)40)38(53)48(37(27)52)30-12-14-32(49)43-36(30)51/h1-2,7,10-11,13,15,22-25,30H,3-6,8-9,12,14,17-19H2,(H,42,50)(H,43,49,51). The highest BCUT2D eigenvalue weighted by molar-refractivity contribution is 6.31. The molecule has 4 aliphatic heterocycles. The third-order valence-corrected chi connectivity index (χ3v) is 11.4. The molecular weight excluding hydrogens is 719 g/mol. The summed E-state index contributed by atoms with van der Waals surface area (Å²) in [5, 5.41) is 23.4. The highest BCUT2D eigenvalue weighted by Crippen LogP contribution is 2.36. The largest absolute Gasteiger partial charge is 0.490 e. The maximum Gasteiger partial charge on any atom is 0.272 e. The van der Waals surface area contributed by atoms with Gasteiger partial charge >= 0.3 is 0 Å². The van der Waals surface area contributed by atoms with Gasteiger partial charge in [0.25, 0.3) is 17.7 Å². The van der Waals surface area contributed by atoms with Crippen LogP contribution in [0.2, 0.25) is 5.02 Å². The molecule has 2 bridgehead atoms. The number of halogens is 2. The van der Waals surface area contributed by atoms with Crippen LogP contribution in [0.1, 0.15) is 93.7 Å². The Kier molecular flexibility index (Phi) is 9.49. The first kappa shape index (κ1) is 35.6. The van der Waals surface area contributed by atoms with Crippen LogP contribution in [-0.4, -0.2) is 92.9 Å². The van der Waals surface area contributed by atoms with Crippen molar-refractivity contribution in [3.05, 3.63) is 81.3 Å². The van der Waals surface area contributed by atoms with Crippen LogP contribution in [0.5, 0.6) is 5.75 Å². The zero-order valence-electron chi connectivity index (χ0n) is 29.1. The lowest BCUT2D eigenvalue weighted by atomic mass is 9.93. The van der Waals surface area contributed by atoms with Gasteiger partial charge in [-0.25, -0.2) is 4.39 Å². The van der Waals surface area contributed by atoms with E-state index in [-0.39, 0.29) is 71.9 Å². The molecule has 1 aromatic heterocycles. The number of ether oxygens (including phenoxy) is 1. The fraction of sp³-hybridized carbons (Fsp3) is 0.421. The lowest BCUT2D eigenvalue weighted by molar-refractivity contribution is -0.136. The van der Waals surface area contributed by atoms with Crippen molar-refractivity contribution < 1.29 is 33.1 Å². The molecule has 4 fully saturated rings. The van der Waals surface area contributed by atoms with Gasteiger partial charge in [0.15, 0.2) is 11.5 Å². The Hall–Kier alpha value is -5.46. The second kappa shape index (κ2) is 14.4. The van der Waals surface area contributed by atoms with Crippen LogP contribution in [0.3, 0.4) is 0 Å². The van der Waals surface area contributed by atoms with E-state index >= 15 is 4.39 Å². The van der Waals surface area contributed by atoms with Gasteiger partial charge in [0.1, 0.15) is 23.7 Å². The maximum atomic E-state index is 15.9. The van der Waals surface area contributed by atoms with E-state index in [1.165, 1.54) is 12.1 Å². The Morgan fingerprint density at radius 3 is 2.39 bits per heavy atom. The van der Waals surface area contributed by atoms with Gasteiger partial charge in [0.2, 0.25) is 11.8 Å². The molecule has 5 heterocycles. The van der Waals surface area contributed by atoms with E-state index < -0.39 is 35.5 Å². The van der Waals surface area contributed by atoms with Crippen molar-refractivity contribution >= 4 is 47.0 Å². The fourth-order valence-corrected chi connectivity index (χ4v) is 8.65. The van der Waals surface area contributed by atoms with E-state index in [0.717, 1.165) is 43.4 Å². The molecule has 2 aromatic carbocycles. The Labute approximate surface area is 314 Å². The van der Waals surface area contributed by atoms with Gasteiger partial charge in [-0.1, -0.05) is 17.7 Å². The Morgan fingerprint density at radius 1 is 0.963 bits per heavy atom. The number of hydrogen-bond donors (Lipinski definition) is 2. The number of imide groups is 2. The van der Waals surface area contributed by atoms with E-state index in [0.29, 0.717) is 35.2 Å². The van der Waals surface area contributed by atoms with E-state index in [1.54, 1.807) is 24.3 Å². The fourth-order valence-electron chi connectivity index (χ4n) is 8.44. The third-order valence-electron chi connectivity index (χ3n) is 11.1.